The molecule has 0 rings (SSSR count). The van der Waals surface area contributed by atoms with Crippen LogP contribution in [0.5, 0.6) is 0 Å². The molecule has 0 amide bonds. The minimum Gasteiger partial charge on any atom is 0 e. The van der Waals surface area contributed by atoms with E-state index in [2.05, 4.69) is 0 Å². The van der Waals surface area contributed by atoms with Crippen LogP contribution in [0.3, 0.4) is 0 Å². The van der Waals surface area contributed by atoms with Crippen molar-refractivity contribution < 1.29 is 30.9 Å². The van der Waals surface area contributed by atoms with Crippen LogP contribution < -0.4 is 0 Å². The fourth-order valence-corrected chi connectivity index (χ4v) is 0. The van der Waals surface area contributed by atoms with Crippen LogP contribution in [0.15, 0.2) is 0 Å². The average Bonchev–Trinajstić information content (AvgIpc) is 0. The SMILES string of the molecule is F.[AlH3].[BaH2].[NaH].[Zr]. The van der Waals surface area contributed by atoms with Crippen molar-refractivity contribution in [3.63, 3.8) is 0 Å². The van der Waals surface area contributed by atoms with Crippen LogP contribution in [-0.2, 0) is 26.2 Å². The Kier molecular flexibility index (Phi) is 180. The van der Waals surface area contributed by atoms with Crippen molar-refractivity contribution >= 4 is 95.8 Å². The fourth-order valence-electron chi connectivity index (χ4n) is 0. The van der Waals surface area contributed by atoms with Crippen LogP contribution >= 0.6 is 0 Å². The van der Waals surface area contributed by atoms with E-state index in [9.17, 15) is 0 Å². The molecular weight excluding hydrogens is 298 g/mol. The second-order valence-corrected chi connectivity index (χ2v) is 0. The van der Waals surface area contributed by atoms with Gasteiger partial charge in [0.25, 0.3) is 0 Å². The Morgan fingerprint density at radius 3 is 1.00 bits per heavy atom. The maximum atomic E-state index is 0. The molecule has 5 heteroatoms. The number of hydrogen-bond donors (Lipinski definition) is 0. The molecule has 0 N–H and O–H groups in total. The van der Waals surface area contributed by atoms with E-state index in [0.717, 1.165) is 0 Å². The normalized spacial score (nSPS) is 0. The van der Waals surface area contributed by atoms with Crippen molar-refractivity contribution in [2.24, 2.45) is 0 Å². The van der Waals surface area contributed by atoms with Gasteiger partial charge in [0.05, 0.1) is 0 Å². The summed E-state index contributed by atoms with van der Waals surface area (Å²) in [5.74, 6) is 0. The molecule has 0 aliphatic heterocycles. The molecule has 5 heavy (non-hydrogen) atoms. The Labute approximate surface area is 123 Å². The van der Waals surface area contributed by atoms with Crippen molar-refractivity contribution in [2.75, 3.05) is 0 Å². The van der Waals surface area contributed by atoms with Gasteiger partial charge >= 0.3 is 78.4 Å². The molecule has 0 atom stereocenters. The van der Waals surface area contributed by atoms with Gasteiger partial charge in [-0.3, -0.25) is 4.70 Å². The van der Waals surface area contributed by atoms with Gasteiger partial charge in [0.2, 0.25) is 0 Å². The Balaban J connectivity index is 0. The average molecular weight is 305 g/mol. The van der Waals surface area contributed by atoms with Crippen LogP contribution in [-0.4, -0.2) is 95.8 Å². The van der Waals surface area contributed by atoms with Crippen molar-refractivity contribution in [3.05, 3.63) is 0 Å². The molecule has 0 aliphatic carbocycles. The second kappa shape index (κ2) is 24.7. The van der Waals surface area contributed by atoms with Crippen LogP contribution in [0.1, 0.15) is 0 Å². The van der Waals surface area contributed by atoms with Gasteiger partial charge in [-0.1, -0.05) is 0 Å². The number of hydrogen-bond acceptors (Lipinski definition) is 0. The Morgan fingerprint density at radius 2 is 1.00 bits per heavy atom. The van der Waals surface area contributed by atoms with Gasteiger partial charge in [0.1, 0.15) is 0 Å². The van der Waals surface area contributed by atoms with Crippen molar-refractivity contribution in [2.45, 2.75) is 0 Å². The molecule has 0 radical (unpaired) electrons. The zero-order valence-electron chi connectivity index (χ0n) is 0.908. The smallest absolute Gasteiger partial charge is 0 e. The summed E-state index contributed by atoms with van der Waals surface area (Å²) in [5, 5.41) is 0. The molecule has 0 saturated carbocycles. The topological polar surface area (TPSA) is 0 Å². The van der Waals surface area contributed by atoms with E-state index < -0.39 is 0 Å². The van der Waals surface area contributed by atoms with Gasteiger partial charge in [-0.25, -0.2) is 0 Å². The largest absolute Gasteiger partial charge is 0 e. The molecule has 0 bridgehead atoms. The summed E-state index contributed by atoms with van der Waals surface area (Å²) in [4.78, 5) is 0. The summed E-state index contributed by atoms with van der Waals surface area (Å²) in [6.07, 6.45) is 0. The third kappa shape index (κ3) is 18.1. The number of halogens is 1. The molecule has 0 aliphatic rings. The Hall–Kier alpha value is 3.92. The molecule has 0 aromatic heterocycles. The maximum absolute atomic E-state index is 0. The molecular formula is H7AlBaFNaZr. The summed E-state index contributed by atoms with van der Waals surface area (Å²) >= 11 is 0. The van der Waals surface area contributed by atoms with Crippen LogP contribution in [0.2, 0.25) is 0 Å². The van der Waals surface area contributed by atoms with Gasteiger partial charge in [0, 0.05) is 26.2 Å². The first-order chi connectivity index (χ1) is 0. The molecule has 0 nitrogen and oxygen atoms in total. The molecule has 0 aromatic rings. The van der Waals surface area contributed by atoms with E-state index in [0.29, 0.717) is 0 Å². The van der Waals surface area contributed by atoms with Gasteiger partial charge in [-0.15, -0.1) is 0 Å². The first-order valence-corrected chi connectivity index (χ1v) is 0. The maximum Gasteiger partial charge on any atom is 0 e. The van der Waals surface area contributed by atoms with Crippen molar-refractivity contribution in [1.82, 2.24) is 0 Å². The van der Waals surface area contributed by atoms with E-state index >= 15 is 0 Å². The van der Waals surface area contributed by atoms with Crippen LogP contribution in [0.25, 0.3) is 0 Å². The molecule has 0 fully saturated rings. The van der Waals surface area contributed by atoms with E-state index in [-0.39, 0.29) is 127 Å². The summed E-state index contributed by atoms with van der Waals surface area (Å²) in [6, 6.07) is 0. The standard InChI is InChI=1S/Al.Ba.FH.Na.Zr.6H/h;;1H;;;;;;;;. The second-order valence-electron chi connectivity index (χ2n) is 0. The van der Waals surface area contributed by atoms with Crippen molar-refractivity contribution in [1.29, 1.82) is 0 Å². The van der Waals surface area contributed by atoms with Gasteiger partial charge in [-0.05, 0) is 0 Å². The van der Waals surface area contributed by atoms with Gasteiger partial charge < -0.3 is 0 Å². The van der Waals surface area contributed by atoms with Crippen LogP contribution in [0, 0.1) is 0 Å². The van der Waals surface area contributed by atoms with E-state index in [4.69, 9.17) is 0 Å². The zero-order valence-corrected chi connectivity index (χ0v) is 3.37. The van der Waals surface area contributed by atoms with E-state index in [1.165, 1.54) is 0 Å². The first-order valence-electron chi connectivity index (χ1n) is 0. The summed E-state index contributed by atoms with van der Waals surface area (Å²) in [5.41, 5.74) is 0. The van der Waals surface area contributed by atoms with Gasteiger partial charge in [-0.2, -0.15) is 0 Å². The zero-order chi connectivity index (χ0) is 0. The van der Waals surface area contributed by atoms with Gasteiger partial charge in [0.15, 0.2) is 17.4 Å². The van der Waals surface area contributed by atoms with E-state index in [1.54, 1.807) is 0 Å². The molecule has 0 saturated heterocycles. The molecule has 0 unspecified atom stereocenters. The van der Waals surface area contributed by atoms with E-state index in [1.807, 2.05) is 0 Å². The summed E-state index contributed by atoms with van der Waals surface area (Å²) in [6.45, 7) is 0. The fraction of sp³-hybridized carbons (Fsp3) is 0. The molecule has 0 spiro atoms. The minimum absolute atomic E-state index is 0. The monoisotopic (exact) mass is 304 g/mol. The minimum atomic E-state index is 0. The quantitative estimate of drug-likeness (QED) is 0.431. The van der Waals surface area contributed by atoms with Crippen molar-refractivity contribution in [3.8, 4) is 0 Å². The van der Waals surface area contributed by atoms with Crippen LogP contribution in [0.4, 0.5) is 4.70 Å². The Morgan fingerprint density at radius 1 is 1.00 bits per heavy atom. The predicted molar refractivity (Wildman–Crippen MR) is 28.1 cm³/mol. The molecule has 0 aromatic carbocycles. The summed E-state index contributed by atoms with van der Waals surface area (Å²) in [7, 11) is 0. The predicted octanol–water partition coefficient (Wildman–Crippen LogP) is -2.60. The molecule has 24 valence electrons. The third-order valence-electron chi connectivity index (χ3n) is 0. The molecule has 0 heterocycles. The summed E-state index contributed by atoms with van der Waals surface area (Å²) < 4.78 is 0. The third-order valence-corrected chi connectivity index (χ3v) is 0. The number of rotatable bonds is 0. The Bertz CT molecular complexity index is 11.6. The first kappa shape index (κ1) is 36.4.